The lowest BCUT2D eigenvalue weighted by atomic mass is 9.89. The lowest BCUT2D eigenvalue weighted by Crippen LogP contribution is -2.41. The maximum Gasteiger partial charge on any atom is 0.304 e. The van der Waals surface area contributed by atoms with E-state index in [1.165, 1.54) is 11.3 Å². The molecule has 8 heteroatoms. The van der Waals surface area contributed by atoms with E-state index in [-0.39, 0.29) is 12.3 Å². The predicted molar refractivity (Wildman–Crippen MR) is 109 cm³/mol. The Hall–Kier alpha value is -1.96. The van der Waals surface area contributed by atoms with Crippen LogP contribution in [-0.2, 0) is 22.6 Å². The predicted octanol–water partition coefficient (Wildman–Crippen LogP) is 4.89. The smallest absolute Gasteiger partial charge is 0.304 e. The molecule has 1 unspecified atom stereocenters. The molecule has 27 heavy (non-hydrogen) atoms. The van der Waals surface area contributed by atoms with E-state index in [0.29, 0.717) is 18.0 Å². The number of carbonyl (C=O) groups excluding carboxylic acids is 1. The normalized spacial score (nSPS) is 16.6. The van der Waals surface area contributed by atoms with E-state index in [0.717, 1.165) is 30.9 Å². The molecule has 1 atom stereocenters. The number of anilines is 1. The molecule has 3 aromatic rings. The second kappa shape index (κ2) is 7.22. The van der Waals surface area contributed by atoms with Gasteiger partial charge in [0.05, 0.1) is 29.1 Å². The highest BCUT2D eigenvalue weighted by molar-refractivity contribution is 9.10. The molecule has 138 valence electrons. The molecular formula is C19H14BrClN2O3S. The van der Waals surface area contributed by atoms with Gasteiger partial charge in [0.15, 0.2) is 0 Å². The van der Waals surface area contributed by atoms with Gasteiger partial charge < -0.3 is 10.0 Å². The molecule has 1 N–H and O–H groups in total. The second-order valence-electron chi connectivity index (χ2n) is 6.42. The SMILES string of the molecule is O=C(O)CC1Cc2cc(Cl)ccc2N(Cc2nc3cc(Br)ccc3s2)C1=O. The summed E-state index contributed by atoms with van der Waals surface area (Å²) in [6, 6.07) is 11.2. The fraction of sp³-hybridized carbons (Fsp3) is 0.211. The van der Waals surface area contributed by atoms with E-state index < -0.39 is 11.9 Å². The standard InChI is InChI=1S/C19H14BrClN2O3S/c20-12-1-4-16-14(8-12)22-17(27-16)9-23-15-3-2-13(21)6-10(15)5-11(19(23)26)7-18(24)25/h1-4,6,8,11H,5,7,9H2,(H,24,25). The first kappa shape index (κ1) is 18.4. The molecule has 4 rings (SSSR count). The molecule has 1 aliphatic rings. The minimum atomic E-state index is -0.983. The summed E-state index contributed by atoms with van der Waals surface area (Å²) in [7, 11) is 0. The van der Waals surface area contributed by atoms with Crippen molar-refractivity contribution < 1.29 is 14.7 Å². The summed E-state index contributed by atoms with van der Waals surface area (Å²) in [5.74, 6) is -1.77. The Labute approximate surface area is 172 Å². The van der Waals surface area contributed by atoms with Crippen LogP contribution in [0, 0.1) is 5.92 Å². The van der Waals surface area contributed by atoms with Gasteiger partial charge in [-0.05, 0) is 48.4 Å². The molecule has 0 aliphatic carbocycles. The van der Waals surface area contributed by atoms with Crippen molar-refractivity contribution in [3.8, 4) is 0 Å². The van der Waals surface area contributed by atoms with Crippen LogP contribution in [0.25, 0.3) is 10.2 Å². The third-order valence-corrected chi connectivity index (χ3v) is 6.27. The number of thiazole rings is 1. The average molecular weight is 466 g/mol. The third kappa shape index (κ3) is 3.72. The van der Waals surface area contributed by atoms with Gasteiger partial charge in [-0.1, -0.05) is 27.5 Å². The number of fused-ring (bicyclic) bond motifs is 2. The van der Waals surface area contributed by atoms with Crippen LogP contribution >= 0.6 is 38.9 Å². The molecule has 0 radical (unpaired) electrons. The fourth-order valence-electron chi connectivity index (χ4n) is 3.36. The molecule has 0 saturated heterocycles. The minimum absolute atomic E-state index is 0.187. The highest BCUT2D eigenvalue weighted by atomic mass is 79.9. The van der Waals surface area contributed by atoms with E-state index >= 15 is 0 Å². The molecule has 0 fully saturated rings. The number of rotatable bonds is 4. The highest BCUT2D eigenvalue weighted by Crippen LogP contribution is 2.36. The minimum Gasteiger partial charge on any atom is -0.481 e. The molecule has 0 spiro atoms. The molecule has 5 nitrogen and oxygen atoms in total. The van der Waals surface area contributed by atoms with Crippen LogP contribution < -0.4 is 4.90 Å². The summed E-state index contributed by atoms with van der Waals surface area (Å²) in [5.41, 5.74) is 2.52. The number of hydrogen-bond donors (Lipinski definition) is 1. The number of carboxylic acid groups (broad SMARTS) is 1. The lowest BCUT2D eigenvalue weighted by Gasteiger charge is -2.33. The van der Waals surface area contributed by atoms with E-state index in [1.807, 2.05) is 24.3 Å². The summed E-state index contributed by atoms with van der Waals surface area (Å²) in [4.78, 5) is 30.4. The van der Waals surface area contributed by atoms with Gasteiger partial charge in [-0.15, -0.1) is 11.3 Å². The molecule has 0 saturated carbocycles. The molecule has 1 amide bonds. The van der Waals surface area contributed by atoms with Gasteiger partial charge >= 0.3 is 5.97 Å². The number of nitrogens with zero attached hydrogens (tertiary/aromatic N) is 2. The first-order valence-electron chi connectivity index (χ1n) is 8.27. The van der Waals surface area contributed by atoms with E-state index in [2.05, 4.69) is 20.9 Å². The van der Waals surface area contributed by atoms with Crippen LogP contribution in [0.15, 0.2) is 40.9 Å². The number of benzene rings is 2. The number of aliphatic carboxylic acids is 1. The van der Waals surface area contributed by atoms with Crippen molar-refractivity contribution in [2.75, 3.05) is 4.90 Å². The maximum absolute atomic E-state index is 13.0. The fourth-order valence-corrected chi connectivity index (χ4v) is 4.84. The molecule has 2 aromatic carbocycles. The number of aromatic nitrogens is 1. The summed E-state index contributed by atoms with van der Waals surface area (Å²) in [5, 5.41) is 10.5. The van der Waals surface area contributed by atoms with E-state index in [1.54, 1.807) is 17.0 Å². The maximum atomic E-state index is 13.0. The Morgan fingerprint density at radius 2 is 2.15 bits per heavy atom. The van der Waals surface area contributed by atoms with Crippen molar-refractivity contribution >= 4 is 66.6 Å². The highest BCUT2D eigenvalue weighted by Gasteiger charge is 2.34. The molecular weight excluding hydrogens is 452 g/mol. The summed E-state index contributed by atoms with van der Waals surface area (Å²) < 4.78 is 1.98. The Morgan fingerprint density at radius 3 is 2.93 bits per heavy atom. The second-order valence-corrected chi connectivity index (χ2v) is 8.88. The zero-order valence-electron chi connectivity index (χ0n) is 14.0. The topological polar surface area (TPSA) is 70.5 Å². The zero-order valence-corrected chi connectivity index (χ0v) is 17.1. The van der Waals surface area contributed by atoms with Gasteiger partial charge in [-0.3, -0.25) is 9.59 Å². The van der Waals surface area contributed by atoms with Crippen LogP contribution in [0.5, 0.6) is 0 Å². The van der Waals surface area contributed by atoms with Crippen LogP contribution in [0.2, 0.25) is 5.02 Å². The first-order valence-corrected chi connectivity index (χ1v) is 10.3. The Balaban J connectivity index is 1.72. The van der Waals surface area contributed by atoms with Gasteiger partial charge in [0.1, 0.15) is 5.01 Å². The van der Waals surface area contributed by atoms with Crippen molar-refractivity contribution in [2.45, 2.75) is 19.4 Å². The van der Waals surface area contributed by atoms with E-state index in [4.69, 9.17) is 11.6 Å². The van der Waals surface area contributed by atoms with Crippen molar-refractivity contribution in [2.24, 2.45) is 5.92 Å². The summed E-state index contributed by atoms with van der Waals surface area (Å²) in [6.07, 6.45) is 0.179. The Kier molecular flexibility index (Phi) is 4.92. The van der Waals surface area contributed by atoms with Crippen LogP contribution in [0.1, 0.15) is 17.0 Å². The molecule has 1 aliphatic heterocycles. The van der Waals surface area contributed by atoms with Crippen LogP contribution in [0.3, 0.4) is 0 Å². The van der Waals surface area contributed by atoms with Crippen molar-refractivity contribution in [3.63, 3.8) is 0 Å². The van der Waals surface area contributed by atoms with Crippen LogP contribution in [-0.4, -0.2) is 22.0 Å². The molecule has 1 aromatic heterocycles. The Morgan fingerprint density at radius 1 is 1.33 bits per heavy atom. The van der Waals surface area contributed by atoms with Gasteiger partial charge in [-0.2, -0.15) is 0 Å². The zero-order chi connectivity index (χ0) is 19.1. The first-order chi connectivity index (χ1) is 12.9. The number of halogens is 2. The summed E-state index contributed by atoms with van der Waals surface area (Å²) in [6.45, 7) is 0.306. The largest absolute Gasteiger partial charge is 0.481 e. The van der Waals surface area contributed by atoms with Gasteiger partial charge in [0.25, 0.3) is 0 Å². The monoisotopic (exact) mass is 464 g/mol. The van der Waals surface area contributed by atoms with E-state index in [9.17, 15) is 14.7 Å². The average Bonchev–Trinajstić information content (AvgIpc) is 2.99. The van der Waals surface area contributed by atoms with Gasteiger partial charge in [-0.25, -0.2) is 4.98 Å². The van der Waals surface area contributed by atoms with Crippen molar-refractivity contribution in [1.82, 2.24) is 4.98 Å². The summed E-state index contributed by atoms with van der Waals surface area (Å²) >= 11 is 11.1. The quantitative estimate of drug-likeness (QED) is 0.595. The van der Waals surface area contributed by atoms with Crippen molar-refractivity contribution in [3.05, 3.63) is 56.5 Å². The van der Waals surface area contributed by atoms with Gasteiger partial charge in [0.2, 0.25) is 5.91 Å². The lowest BCUT2D eigenvalue weighted by molar-refractivity contribution is -0.140. The number of amides is 1. The van der Waals surface area contributed by atoms with Gasteiger partial charge in [0, 0.05) is 15.2 Å². The number of carbonyl (C=O) groups is 2. The number of carboxylic acids is 1. The Bertz CT molecular complexity index is 1070. The molecule has 0 bridgehead atoms. The number of hydrogen-bond acceptors (Lipinski definition) is 4. The van der Waals surface area contributed by atoms with Crippen molar-refractivity contribution in [1.29, 1.82) is 0 Å². The molecule has 2 heterocycles. The van der Waals surface area contributed by atoms with Crippen LogP contribution in [0.4, 0.5) is 5.69 Å². The third-order valence-electron chi connectivity index (χ3n) is 4.52.